The van der Waals surface area contributed by atoms with Gasteiger partial charge in [-0.05, 0) is 46.4 Å². The summed E-state index contributed by atoms with van der Waals surface area (Å²) in [5.41, 5.74) is 4.76. The summed E-state index contributed by atoms with van der Waals surface area (Å²) in [4.78, 5) is 29.4. The number of nitrogens with zero attached hydrogens (tertiary/aromatic N) is 20. The van der Waals surface area contributed by atoms with Crippen LogP contribution in [0.2, 0.25) is 0 Å². The van der Waals surface area contributed by atoms with Crippen LogP contribution in [0.5, 0.6) is 11.5 Å². The first-order chi connectivity index (χ1) is 48.8. The minimum atomic E-state index is -1.09. The molecule has 8 aromatic heterocycles. The summed E-state index contributed by atoms with van der Waals surface area (Å²) in [6.45, 7) is 0. The molecule has 10 aromatic rings. The van der Waals surface area contributed by atoms with Crippen LogP contribution in [0, 0.1) is 96.1 Å². The van der Waals surface area contributed by atoms with Crippen LogP contribution in [0.15, 0.2) is 147 Å². The van der Waals surface area contributed by atoms with Gasteiger partial charge in [-0.15, -0.1) is 51.7 Å². The number of ether oxygens (including phenoxy) is 1. The molecule has 0 fully saturated rings. The van der Waals surface area contributed by atoms with Crippen molar-refractivity contribution in [3.8, 4) is 56.5 Å². The molecule has 0 spiro atoms. The predicted molar refractivity (Wildman–Crippen MR) is 339 cm³/mol. The van der Waals surface area contributed by atoms with Crippen LogP contribution in [-0.2, 0) is 60.6 Å². The number of benzene rings is 2. The molecule has 6 aliphatic heterocycles. The van der Waals surface area contributed by atoms with Crippen LogP contribution < -0.4 is 13.9 Å². The molecule has 14 heterocycles. The van der Waals surface area contributed by atoms with Crippen molar-refractivity contribution in [2.75, 3.05) is 42.3 Å². The van der Waals surface area contributed by atoms with Crippen molar-refractivity contribution < 1.29 is 146 Å². The fraction of sp³-hybridized carbons (Fsp3) is 0.0833. The first-order valence-electron chi connectivity index (χ1n) is 29.8. The van der Waals surface area contributed by atoms with Gasteiger partial charge in [0.1, 0.15) is 47.6 Å². The van der Waals surface area contributed by atoms with Crippen molar-refractivity contribution in [2.24, 2.45) is 0 Å². The summed E-state index contributed by atoms with van der Waals surface area (Å²) in [5, 5.41) is 0. The van der Waals surface area contributed by atoms with Gasteiger partial charge in [0, 0.05) is 24.5 Å². The van der Waals surface area contributed by atoms with Crippen molar-refractivity contribution in [1.29, 1.82) is 0 Å². The third-order valence-corrected chi connectivity index (χ3v) is 14.9. The zero-order valence-electron chi connectivity index (χ0n) is 54.2. The Kier molecular flexibility index (Phi) is 21.7. The average Bonchev–Trinajstić information content (AvgIpc) is 1.51. The maximum atomic E-state index is 13.6. The third kappa shape index (κ3) is 15.0. The molecule has 21 nitrogen and oxygen atoms in total. The topological polar surface area (TPSA) is 148 Å². The van der Waals surface area contributed by atoms with E-state index in [1.54, 1.807) is 12.4 Å². The van der Waals surface area contributed by atoms with Crippen molar-refractivity contribution in [2.45, 2.75) is 0 Å². The van der Waals surface area contributed by atoms with Crippen LogP contribution in [0.4, 0.5) is 92.3 Å². The van der Waals surface area contributed by atoms with Gasteiger partial charge in [0.05, 0.1) is 34.1 Å². The Bertz CT molecular complexity index is 5450. The molecule has 508 valence electrons. The molecule has 0 N–H and O–H groups in total. The second-order valence-corrected chi connectivity index (χ2v) is 21.9. The van der Waals surface area contributed by atoms with Gasteiger partial charge in [0.25, 0.3) is 0 Å². The van der Waals surface area contributed by atoms with Gasteiger partial charge in [-0.2, -0.15) is 34.2 Å². The molecule has 0 atom stereocenters. The Labute approximate surface area is 626 Å². The Hall–Kier alpha value is -11.9. The van der Waals surface area contributed by atoms with Crippen molar-refractivity contribution in [3.05, 3.63) is 243 Å². The first kappa shape index (κ1) is 73.3. The Morgan fingerprint density at radius 1 is 0.356 bits per heavy atom. The van der Waals surface area contributed by atoms with Crippen LogP contribution in [-0.4, -0.2) is 164 Å². The predicted octanol–water partition coefficient (Wildman–Crippen LogP) is 10.6. The number of rotatable bonds is 12. The molecule has 104 heavy (non-hydrogen) atoms. The molecule has 2 aromatic carbocycles. The van der Waals surface area contributed by atoms with E-state index in [0.29, 0.717) is 45.6 Å². The molecular weight excluding hydrogens is 1800 g/mol. The second kappa shape index (κ2) is 30.7. The molecule has 0 saturated carbocycles. The van der Waals surface area contributed by atoms with Gasteiger partial charge in [0.15, 0.2) is 42.3 Å². The summed E-state index contributed by atoms with van der Waals surface area (Å²) in [6.07, 6.45) is 18.7. The Morgan fingerprint density at radius 2 is 0.654 bits per heavy atom. The summed E-state index contributed by atoms with van der Waals surface area (Å²) < 4.78 is 135. The van der Waals surface area contributed by atoms with E-state index < -0.39 is 47.6 Å². The van der Waals surface area contributed by atoms with E-state index in [0.717, 1.165) is 47.3 Å². The molecule has 0 radical (unpaired) electrons. The van der Waals surface area contributed by atoms with Crippen molar-refractivity contribution in [1.82, 2.24) is 49.0 Å². The van der Waals surface area contributed by atoms with E-state index in [9.17, 15) is 35.1 Å². The zero-order valence-corrected chi connectivity index (χ0v) is 60.5. The standard InChI is InChI=1S/C42H32N14O.2C15H5F4N3.Ir.Pt.Rh/c1-45-13-17-51(25-45)33-21-37(53-19-15-47(3)27-53)39(23-35(33)55-29-49(5)41-31(55)9-7-11-43-41)57-40-24-36(56-30-50(6)42-32(56)10-8-12-44-42)34(52-18-14-46(2)26-52)22-38(40)54-20-16-48(4)28-54;2*16-12-6-4-8(14(18)21-12)10-2-1-3-11(20-10)9-5-7-13(17)22-15(9)19;;;/h7-20H,1-6H3;2*1-3,6-7H;;;/q+8;2*-2;+3;+2;+3. The summed E-state index contributed by atoms with van der Waals surface area (Å²) in [7, 11) is 11.5. The first-order valence-corrected chi connectivity index (χ1v) is 29.8. The number of hydrogen-bond acceptors (Lipinski definition) is 9. The van der Waals surface area contributed by atoms with Crippen molar-refractivity contribution in [3.63, 3.8) is 0 Å². The number of hydrogen-bond donors (Lipinski definition) is 0. The number of fused-ring (bicyclic) bond motifs is 2. The molecule has 0 unspecified atom stereocenters. The third-order valence-electron chi connectivity index (χ3n) is 14.9. The van der Waals surface area contributed by atoms with Crippen LogP contribution in [0.25, 0.3) is 45.0 Å². The molecule has 6 aliphatic rings. The fourth-order valence-corrected chi connectivity index (χ4v) is 10.4. The number of aromatic nitrogens is 8. The molecule has 0 amide bonds. The van der Waals surface area contributed by atoms with Gasteiger partial charge in [-0.1, -0.05) is 110 Å². The number of pyridine rings is 8. The Balaban J connectivity index is 0.000000189. The van der Waals surface area contributed by atoms with Crippen LogP contribution in [0.1, 0.15) is 0 Å². The minimum absolute atomic E-state index is 0. The van der Waals surface area contributed by atoms with Gasteiger partial charge in [0.2, 0.25) is 49.6 Å². The molecular formula is C72H42F8IrN20OPtRh+12. The fourth-order valence-electron chi connectivity index (χ4n) is 10.4. The zero-order chi connectivity index (χ0) is 70.3. The van der Waals surface area contributed by atoms with E-state index in [-0.39, 0.29) is 106 Å². The van der Waals surface area contributed by atoms with Gasteiger partial charge in [-0.25, -0.2) is 35.1 Å². The number of halogens is 8. The van der Waals surface area contributed by atoms with Gasteiger partial charge < -0.3 is 14.7 Å². The van der Waals surface area contributed by atoms with E-state index in [1.807, 2.05) is 171 Å². The van der Waals surface area contributed by atoms with Gasteiger partial charge in [-0.3, -0.25) is 19.9 Å². The maximum absolute atomic E-state index is 13.6. The van der Waals surface area contributed by atoms with Crippen LogP contribution >= 0.6 is 0 Å². The van der Waals surface area contributed by atoms with E-state index in [2.05, 4.69) is 124 Å². The van der Waals surface area contributed by atoms with E-state index in [1.165, 1.54) is 36.4 Å². The van der Waals surface area contributed by atoms with Gasteiger partial charge >= 0.3 is 120 Å². The second-order valence-electron chi connectivity index (χ2n) is 21.9. The van der Waals surface area contributed by atoms with Crippen LogP contribution in [0.3, 0.4) is 0 Å². The monoisotopic (exact) mass is 1850 g/mol. The minimum Gasteiger partial charge on any atom is -0.611 e. The normalized spacial score (nSPS) is 13.6. The average molecular weight is 1850 g/mol. The summed E-state index contributed by atoms with van der Waals surface area (Å²) in [5.74, 6) is -6.29. The molecule has 16 rings (SSSR count). The molecule has 0 saturated heterocycles. The molecule has 0 bridgehead atoms. The maximum Gasteiger partial charge on any atom is 3.00 e. The van der Waals surface area contributed by atoms with Crippen molar-refractivity contribution >= 4 is 93.2 Å². The summed E-state index contributed by atoms with van der Waals surface area (Å²) in [6, 6.07) is 64.0. The summed E-state index contributed by atoms with van der Waals surface area (Å²) >= 11 is 0. The Morgan fingerprint density at radius 3 is 0.933 bits per heavy atom. The van der Waals surface area contributed by atoms with E-state index in [4.69, 9.17) is 4.74 Å². The molecule has 0 aliphatic carbocycles. The van der Waals surface area contributed by atoms with E-state index >= 15 is 0 Å². The smallest absolute Gasteiger partial charge is 0.611 e. The largest absolute Gasteiger partial charge is 3.00 e. The molecule has 32 heteroatoms. The SMILES string of the molecule is C[N+]1=C=[N+](c2[c-]c([N+]3=C=[N+](C)C=C3)c([N+]3=C=[N+](C)c4ncccc43)[c-]c2Oc2[c-]c([N+]3=C=[N+](C)c4ncccc43)c([N+]3=C=[N+](C)C=C3)[c-]c2[N+]2=C=[N+](C)C=C2)C=C1.Fc1c[c-]c(-c2cccc(-c3[c-]cc(F)nc3F)n2)c(F)n1.Fc1c[c-]c(-c2cccc(-c3[c-]cc(F)nc3F)n2)c(F)n1.[Ir+3].[Pt+2].[Rh+3]. The quantitative estimate of drug-likeness (QED) is 0.0383.